The summed E-state index contributed by atoms with van der Waals surface area (Å²) < 4.78 is 0. The van der Waals surface area contributed by atoms with Crippen molar-refractivity contribution >= 4 is 29.1 Å². The summed E-state index contributed by atoms with van der Waals surface area (Å²) >= 11 is 6.31. The van der Waals surface area contributed by atoms with E-state index in [1.807, 2.05) is 7.05 Å². The Morgan fingerprint density at radius 2 is 1.88 bits per heavy atom. The number of halogens is 1. The maximum atomic E-state index is 12.7. The Bertz CT molecular complexity index is 627. The minimum absolute atomic E-state index is 0.0706. The predicted octanol–water partition coefficient (Wildman–Crippen LogP) is 3.67. The van der Waals surface area contributed by atoms with E-state index in [0.29, 0.717) is 16.3 Å². The highest BCUT2D eigenvalue weighted by molar-refractivity contribution is 6.34. The fourth-order valence-electron chi connectivity index (χ4n) is 3.09. The maximum Gasteiger partial charge on any atom is 0.255 e. The second-order valence-corrected chi connectivity index (χ2v) is 7.45. The highest BCUT2D eigenvalue weighted by atomic mass is 35.5. The number of anilines is 1. The number of carbonyl (C=O) groups excluding carboxylic acids is 2. The number of rotatable bonds is 5. The fraction of sp³-hybridized carbons (Fsp3) is 0.579. The van der Waals surface area contributed by atoms with E-state index in [2.05, 4.69) is 5.32 Å². The van der Waals surface area contributed by atoms with Gasteiger partial charge in [0.25, 0.3) is 5.91 Å². The minimum atomic E-state index is -0.308. The largest absolute Gasteiger partial charge is 0.339 e. The molecule has 0 spiro atoms. The minimum Gasteiger partial charge on any atom is -0.339 e. The SMILES string of the molecule is CC(N)C(C)C(=O)Nc1ccc(C(=O)N(C)C2CCCCC2)c(Cl)c1. The lowest BCUT2D eigenvalue weighted by Crippen LogP contribution is -2.38. The van der Waals surface area contributed by atoms with E-state index in [9.17, 15) is 9.59 Å². The molecule has 0 bridgehead atoms. The van der Waals surface area contributed by atoms with E-state index < -0.39 is 0 Å². The van der Waals surface area contributed by atoms with Gasteiger partial charge in [-0.05, 0) is 38.0 Å². The van der Waals surface area contributed by atoms with Crippen LogP contribution in [0.25, 0.3) is 0 Å². The molecule has 1 saturated carbocycles. The van der Waals surface area contributed by atoms with Crippen LogP contribution in [0, 0.1) is 5.92 Å². The summed E-state index contributed by atoms with van der Waals surface area (Å²) in [7, 11) is 1.84. The summed E-state index contributed by atoms with van der Waals surface area (Å²) in [5.74, 6) is -0.541. The summed E-state index contributed by atoms with van der Waals surface area (Å²) in [5.41, 5.74) is 6.79. The van der Waals surface area contributed by atoms with Crippen molar-refractivity contribution in [1.82, 2.24) is 4.90 Å². The average molecular weight is 366 g/mol. The van der Waals surface area contributed by atoms with Gasteiger partial charge < -0.3 is 16.0 Å². The molecule has 0 saturated heterocycles. The van der Waals surface area contributed by atoms with E-state index in [4.69, 9.17) is 17.3 Å². The van der Waals surface area contributed by atoms with Crippen molar-refractivity contribution in [3.8, 4) is 0 Å². The number of amides is 2. The Hall–Kier alpha value is -1.59. The topological polar surface area (TPSA) is 75.4 Å². The van der Waals surface area contributed by atoms with Gasteiger partial charge in [0.2, 0.25) is 5.91 Å². The Labute approximate surface area is 154 Å². The second kappa shape index (κ2) is 8.68. The van der Waals surface area contributed by atoms with Crippen molar-refractivity contribution in [2.24, 2.45) is 11.7 Å². The molecule has 1 aliphatic rings. The molecule has 2 amide bonds. The van der Waals surface area contributed by atoms with Crippen LogP contribution in [0.3, 0.4) is 0 Å². The van der Waals surface area contributed by atoms with E-state index in [0.717, 1.165) is 12.8 Å². The quantitative estimate of drug-likeness (QED) is 0.835. The highest BCUT2D eigenvalue weighted by Gasteiger charge is 2.24. The van der Waals surface area contributed by atoms with Crippen molar-refractivity contribution in [2.75, 3.05) is 12.4 Å². The van der Waals surface area contributed by atoms with Crippen molar-refractivity contribution in [3.05, 3.63) is 28.8 Å². The number of hydrogen-bond donors (Lipinski definition) is 2. The number of hydrogen-bond acceptors (Lipinski definition) is 3. The number of carbonyl (C=O) groups is 2. The van der Waals surface area contributed by atoms with Crippen LogP contribution in [0.2, 0.25) is 5.02 Å². The van der Waals surface area contributed by atoms with E-state index in [-0.39, 0.29) is 29.8 Å². The number of nitrogens with zero attached hydrogens (tertiary/aromatic N) is 1. The molecule has 2 unspecified atom stereocenters. The molecule has 3 N–H and O–H groups in total. The van der Waals surface area contributed by atoms with Crippen LogP contribution in [0.15, 0.2) is 18.2 Å². The van der Waals surface area contributed by atoms with Gasteiger partial charge in [-0.1, -0.05) is 37.8 Å². The number of nitrogens with two attached hydrogens (primary N) is 1. The van der Waals surface area contributed by atoms with Gasteiger partial charge in [-0.15, -0.1) is 0 Å². The van der Waals surface area contributed by atoms with Crippen LogP contribution < -0.4 is 11.1 Å². The Morgan fingerprint density at radius 3 is 2.44 bits per heavy atom. The van der Waals surface area contributed by atoms with Crippen LogP contribution in [-0.4, -0.2) is 35.8 Å². The van der Waals surface area contributed by atoms with Crippen LogP contribution in [-0.2, 0) is 4.79 Å². The van der Waals surface area contributed by atoms with Gasteiger partial charge in [-0.25, -0.2) is 0 Å². The zero-order valence-electron chi connectivity index (χ0n) is 15.2. The smallest absolute Gasteiger partial charge is 0.255 e. The number of nitrogens with one attached hydrogen (secondary N) is 1. The second-order valence-electron chi connectivity index (χ2n) is 7.04. The third kappa shape index (κ3) is 4.95. The number of benzene rings is 1. The summed E-state index contributed by atoms with van der Waals surface area (Å²) in [4.78, 5) is 26.6. The van der Waals surface area contributed by atoms with E-state index in [1.54, 1.807) is 36.9 Å². The maximum absolute atomic E-state index is 12.7. The molecule has 2 atom stereocenters. The summed E-state index contributed by atoms with van der Waals surface area (Å²) in [6.45, 7) is 3.57. The molecule has 6 heteroatoms. The van der Waals surface area contributed by atoms with Gasteiger partial charge in [-0.2, -0.15) is 0 Å². The molecule has 5 nitrogen and oxygen atoms in total. The Balaban J connectivity index is 2.08. The van der Waals surface area contributed by atoms with Gasteiger partial charge in [0.1, 0.15) is 0 Å². The molecule has 0 heterocycles. The molecular formula is C19H28ClN3O2. The van der Waals surface area contributed by atoms with Crippen molar-refractivity contribution in [3.63, 3.8) is 0 Å². The summed E-state index contributed by atoms with van der Waals surface area (Å²) in [6.07, 6.45) is 5.66. The third-order valence-corrected chi connectivity index (χ3v) is 5.42. The summed E-state index contributed by atoms with van der Waals surface area (Å²) in [5, 5.41) is 3.14. The normalized spacial score (nSPS) is 17.6. The molecular weight excluding hydrogens is 338 g/mol. The first-order valence-electron chi connectivity index (χ1n) is 8.94. The molecule has 1 aromatic carbocycles. The first-order chi connectivity index (χ1) is 11.8. The van der Waals surface area contributed by atoms with E-state index >= 15 is 0 Å². The van der Waals surface area contributed by atoms with Crippen molar-refractivity contribution in [2.45, 2.75) is 58.0 Å². The molecule has 2 rings (SSSR count). The van der Waals surface area contributed by atoms with Gasteiger partial charge in [-0.3, -0.25) is 9.59 Å². The van der Waals surface area contributed by atoms with Crippen LogP contribution in [0.5, 0.6) is 0 Å². The van der Waals surface area contributed by atoms with Crippen LogP contribution >= 0.6 is 11.6 Å². The molecule has 0 radical (unpaired) electrons. The first kappa shape index (κ1) is 19.7. The van der Waals surface area contributed by atoms with Crippen molar-refractivity contribution in [1.29, 1.82) is 0 Å². The van der Waals surface area contributed by atoms with Gasteiger partial charge in [0, 0.05) is 24.8 Å². The summed E-state index contributed by atoms with van der Waals surface area (Å²) in [6, 6.07) is 5.05. The van der Waals surface area contributed by atoms with Gasteiger partial charge >= 0.3 is 0 Å². The molecule has 1 aliphatic carbocycles. The Morgan fingerprint density at radius 1 is 1.24 bits per heavy atom. The monoisotopic (exact) mass is 365 g/mol. The average Bonchev–Trinajstić information content (AvgIpc) is 2.60. The molecule has 0 aliphatic heterocycles. The van der Waals surface area contributed by atoms with Crippen LogP contribution in [0.4, 0.5) is 5.69 Å². The zero-order valence-corrected chi connectivity index (χ0v) is 16.0. The third-order valence-electron chi connectivity index (χ3n) is 5.11. The standard InChI is InChI=1S/C19H28ClN3O2/c1-12(13(2)21)18(24)22-14-9-10-16(17(20)11-14)19(25)23(3)15-7-5-4-6-8-15/h9-13,15H,4-8,21H2,1-3H3,(H,22,24). The molecule has 0 aromatic heterocycles. The van der Waals surface area contributed by atoms with Gasteiger partial charge in [0.05, 0.1) is 16.5 Å². The predicted molar refractivity (Wildman–Crippen MR) is 102 cm³/mol. The molecule has 25 heavy (non-hydrogen) atoms. The lowest BCUT2D eigenvalue weighted by molar-refractivity contribution is -0.119. The van der Waals surface area contributed by atoms with Crippen LogP contribution in [0.1, 0.15) is 56.3 Å². The molecule has 1 fully saturated rings. The highest BCUT2D eigenvalue weighted by Crippen LogP contribution is 2.26. The Kier molecular flexibility index (Phi) is 6.85. The van der Waals surface area contributed by atoms with Crippen molar-refractivity contribution < 1.29 is 9.59 Å². The lowest BCUT2D eigenvalue weighted by atomic mass is 9.94. The zero-order chi connectivity index (χ0) is 18.6. The first-order valence-corrected chi connectivity index (χ1v) is 9.32. The molecule has 1 aromatic rings. The molecule has 138 valence electrons. The lowest BCUT2D eigenvalue weighted by Gasteiger charge is -2.31. The van der Waals surface area contributed by atoms with Gasteiger partial charge in [0.15, 0.2) is 0 Å². The van der Waals surface area contributed by atoms with E-state index in [1.165, 1.54) is 19.3 Å². The fourth-order valence-corrected chi connectivity index (χ4v) is 3.35.